The number of rotatable bonds is 3. The van der Waals surface area contributed by atoms with Crippen molar-refractivity contribution in [3.05, 3.63) is 198 Å². The molecule has 13 rings (SSSR count). The van der Waals surface area contributed by atoms with Crippen LogP contribution in [-0.4, -0.2) is 0 Å². The van der Waals surface area contributed by atoms with E-state index in [0.717, 1.165) is 22.7 Å². The second-order valence-corrected chi connectivity index (χ2v) is 25.0. The molecule has 1 aromatic heterocycles. The fraction of sp³-hybridized carbons (Fsp3) is 0.224. The maximum absolute atomic E-state index is 2.65. The van der Waals surface area contributed by atoms with Gasteiger partial charge in [-0.15, -0.1) is 11.3 Å². The highest BCUT2D eigenvalue weighted by Crippen LogP contribution is 2.68. The maximum atomic E-state index is 2.65. The largest absolute Gasteiger partial charge is 0.306 e. The van der Waals surface area contributed by atoms with E-state index in [1.165, 1.54) is 109 Å². The summed E-state index contributed by atoms with van der Waals surface area (Å²) in [6.07, 6.45) is 0. The predicted octanol–water partition coefficient (Wildman–Crippen LogP) is 20.1. The number of benzene rings is 9. The molecule has 2 aliphatic heterocycles. The molecule has 3 aliphatic rings. The van der Waals surface area contributed by atoms with Gasteiger partial charge in [0.1, 0.15) is 5.00 Å². The van der Waals surface area contributed by atoms with Crippen molar-refractivity contribution in [2.45, 2.75) is 97.8 Å². The van der Waals surface area contributed by atoms with E-state index in [-0.39, 0.29) is 21.7 Å². The Bertz CT molecular complexity index is 3850. The lowest BCUT2D eigenvalue weighted by Gasteiger charge is -2.46. The van der Waals surface area contributed by atoms with E-state index in [0.29, 0.717) is 0 Å². The molecule has 0 unspecified atom stereocenters. The van der Waals surface area contributed by atoms with Crippen LogP contribution >= 0.6 is 11.3 Å². The zero-order chi connectivity index (χ0) is 49.1. The van der Waals surface area contributed by atoms with E-state index in [9.17, 15) is 0 Å². The lowest BCUT2D eigenvalue weighted by molar-refractivity contribution is 0.590. The van der Waals surface area contributed by atoms with Crippen LogP contribution in [0.5, 0.6) is 0 Å². The molecule has 4 heteroatoms. The average molecular weight is 940 g/mol. The lowest BCUT2D eigenvalue weighted by Crippen LogP contribution is -2.30. The van der Waals surface area contributed by atoms with Gasteiger partial charge in [-0.2, -0.15) is 0 Å². The lowest BCUT2D eigenvalue weighted by atomic mass is 9.82. The highest BCUT2D eigenvalue weighted by molar-refractivity contribution is 7.24. The first-order valence-corrected chi connectivity index (χ1v) is 26.2. The van der Waals surface area contributed by atoms with Crippen LogP contribution in [0.25, 0.3) is 53.9 Å². The van der Waals surface area contributed by atoms with Gasteiger partial charge in [-0.25, -0.2) is 0 Å². The Kier molecular flexibility index (Phi) is 9.23. The van der Waals surface area contributed by atoms with Crippen molar-refractivity contribution in [2.75, 3.05) is 14.7 Å². The van der Waals surface area contributed by atoms with Crippen LogP contribution in [0.2, 0.25) is 0 Å². The minimum absolute atomic E-state index is 0.00590. The summed E-state index contributed by atoms with van der Waals surface area (Å²) in [6, 6.07) is 65.5. The third-order valence-corrected chi connectivity index (χ3v) is 17.1. The van der Waals surface area contributed by atoms with Gasteiger partial charge >= 0.3 is 0 Å². The molecule has 0 saturated carbocycles. The zero-order valence-corrected chi connectivity index (χ0v) is 43.7. The molecule has 0 N–H and O–H groups in total. The van der Waals surface area contributed by atoms with Crippen molar-refractivity contribution in [1.82, 2.24) is 0 Å². The van der Waals surface area contributed by atoms with Gasteiger partial charge < -0.3 is 9.80 Å². The van der Waals surface area contributed by atoms with Gasteiger partial charge in [0.2, 0.25) is 0 Å². The van der Waals surface area contributed by atoms with Crippen molar-refractivity contribution in [2.24, 2.45) is 0 Å². The quantitative estimate of drug-likeness (QED) is 0.163. The summed E-state index contributed by atoms with van der Waals surface area (Å²) in [6.45, 7) is 25.7. The molecule has 0 spiro atoms. The van der Waals surface area contributed by atoms with E-state index in [1.807, 2.05) is 11.3 Å². The molecule has 0 amide bonds. The minimum Gasteiger partial charge on any atom is -0.306 e. The Hall–Kier alpha value is -7.14. The first-order chi connectivity index (χ1) is 33.9. The van der Waals surface area contributed by atoms with Crippen LogP contribution in [0.4, 0.5) is 50.5 Å². The Balaban J connectivity index is 1.19. The van der Waals surface area contributed by atoms with Gasteiger partial charge in [0.15, 0.2) is 0 Å². The van der Waals surface area contributed by atoms with Gasteiger partial charge in [-0.05, 0) is 155 Å². The number of hydrogen-bond donors (Lipinski definition) is 0. The Morgan fingerprint density at radius 1 is 0.380 bits per heavy atom. The monoisotopic (exact) mass is 939 g/mol. The van der Waals surface area contributed by atoms with Crippen molar-refractivity contribution in [3.8, 4) is 22.3 Å². The Labute approximate surface area is 423 Å². The minimum atomic E-state index is -0.122. The van der Waals surface area contributed by atoms with E-state index in [4.69, 9.17) is 0 Å². The molecule has 1 aliphatic carbocycles. The molecule has 0 fully saturated rings. The van der Waals surface area contributed by atoms with Crippen LogP contribution in [-0.2, 0) is 21.7 Å². The summed E-state index contributed by atoms with van der Waals surface area (Å²) in [5.41, 5.74) is 21.1. The molecule has 0 radical (unpaired) electrons. The average Bonchev–Trinajstić information content (AvgIpc) is 3.82. The summed E-state index contributed by atoms with van der Waals surface area (Å²) in [4.78, 5) is 7.84. The molecule has 0 saturated heterocycles. The summed E-state index contributed by atoms with van der Waals surface area (Å²) >= 11 is 1.94. The van der Waals surface area contributed by atoms with Crippen molar-refractivity contribution < 1.29 is 0 Å². The fourth-order valence-electron chi connectivity index (χ4n) is 12.0. The first kappa shape index (κ1) is 43.8. The first-order valence-electron chi connectivity index (χ1n) is 25.4. The van der Waals surface area contributed by atoms with Gasteiger partial charge in [-0.3, -0.25) is 4.90 Å². The second-order valence-electron chi connectivity index (χ2n) is 23.9. The van der Waals surface area contributed by atoms with Crippen LogP contribution < -0.4 is 14.7 Å². The molecule has 10 aromatic rings. The molecule has 3 nitrogen and oxygen atoms in total. The standard InChI is InChI=1S/C67H61N3S/c1-64(2,3)42-24-29-45(30-25-42)68-56-33-28-44(66(7,8)9)37-57(56)70-62-58(68)35-41(51-34-40-18-12-13-19-47(40)48-20-14-15-21-49(48)51)36-59(62)69(46-31-26-43(27-32-46)65(4,5)6)61-53-38-52-50-22-16-17-23-54(50)67(10,11)55(52)39-60(53)71-63(61)70/h12-39H,1-11H3. The van der Waals surface area contributed by atoms with E-state index < -0.39 is 0 Å². The third kappa shape index (κ3) is 6.53. The van der Waals surface area contributed by atoms with Gasteiger partial charge in [-0.1, -0.05) is 179 Å². The van der Waals surface area contributed by atoms with Crippen LogP contribution in [0.3, 0.4) is 0 Å². The molecule has 3 heterocycles. The van der Waals surface area contributed by atoms with Crippen molar-refractivity contribution >= 4 is 93.5 Å². The van der Waals surface area contributed by atoms with Gasteiger partial charge in [0, 0.05) is 26.9 Å². The van der Waals surface area contributed by atoms with E-state index in [2.05, 4.69) is 261 Å². The zero-order valence-electron chi connectivity index (χ0n) is 42.9. The number of anilines is 9. The third-order valence-electron chi connectivity index (χ3n) is 15.9. The Morgan fingerprint density at radius 2 is 0.944 bits per heavy atom. The number of nitrogens with zero attached hydrogens (tertiary/aromatic N) is 3. The molecular formula is C67H61N3S. The predicted molar refractivity (Wildman–Crippen MR) is 307 cm³/mol. The normalized spacial score (nSPS) is 14.7. The molecule has 0 bridgehead atoms. The summed E-state index contributed by atoms with van der Waals surface area (Å²) in [5, 5.41) is 7.54. The molecule has 71 heavy (non-hydrogen) atoms. The van der Waals surface area contributed by atoms with Crippen LogP contribution in [0.1, 0.15) is 104 Å². The summed E-state index contributed by atoms with van der Waals surface area (Å²) in [5.74, 6) is 0. The smallest absolute Gasteiger partial charge is 0.126 e. The molecule has 9 aromatic carbocycles. The van der Waals surface area contributed by atoms with E-state index in [1.54, 1.807) is 0 Å². The molecule has 350 valence electrons. The number of hydrogen-bond acceptors (Lipinski definition) is 4. The maximum Gasteiger partial charge on any atom is 0.126 e. The SMILES string of the molecule is CC(C)(C)c1ccc(N2c3ccc(C(C)(C)C)cc3N3c4sc5cc6c(cc5c4N(c4ccc(C(C)(C)C)cc4)c4cc(-c5cc7ccccc7c7ccccc57)cc2c43)-c2ccccc2C6(C)C)cc1. The highest BCUT2D eigenvalue weighted by atomic mass is 32.1. The highest BCUT2D eigenvalue weighted by Gasteiger charge is 2.44. The number of fused-ring (bicyclic) bond motifs is 12. The summed E-state index contributed by atoms with van der Waals surface area (Å²) < 4.78 is 1.30. The topological polar surface area (TPSA) is 9.72 Å². The van der Waals surface area contributed by atoms with Crippen LogP contribution in [0.15, 0.2) is 170 Å². The molecular weight excluding hydrogens is 879 g/mol. The van der Waals surface area contributed by atoms with Crippen molar-refractivity contribution in [3.63, 3.8) is 0 Å². The van der Waals surface area contributed by atoms with Crippen molar-refractivity contribution in [1.29, 1.82) is 0 Å². The number of thiophene rings is 1. The van der Waals surface area contributed by atoms with Crippen LogP contribution in [0, 0.1) is 0 Å². The van der Waals surface area contributed by atoms with Gasteiger partial charge in [0.05, 0.1) is 34.1 Å². The fourth-order valence-corrected chi connectivity index (χ4v) is 13.2. The van der Waals surface area contributed by atoms with E-state index >= 15 is 0 Å². The Morgan fingerprint density at radius 3 is 1.61 bits per heavy atom. The second kappa shape index (κ2) is 14.9. The summed E-state index contributed by atoms with van der Waals surface area (Å²) in [7, 11) is 0. The molecule has 0 atom stereocenters. The van der Waals surface area contributed by atoms with Gasteiger partial charge in [0.25, 0.3) is 0 Å².